The molecule has 1 aromatic carbocycles. The molecule has 1 heterocycles. The van der Waals surface area contributed by atoms with Crippen molar-refractivity contribution in [3.05, 3.63) is 40.8 Å². The van der Waals surface area contributed by atoms with Gasteiger partial charge in [-0.2, -0.15) is 0 Å². The van der Waals surface area contributed by atoms with Crippen LogP contribution in [-0.4, -0.2) is 21.9 Å². The fourth-order valence-corrected chi connectivity index (χ4v) is 3.22. The Labute approximate surface area is 146 Å². The van der Waals surface area contributed by atoms with Crippen molar-refractivity contribution in [1.82, 2.24) is 5.16 Å². The third-order valence-electron chi connectivity index (χ3n) is 3.80. The van der Waals surface area contributed by atoms with Gasteiger partial charge in [0.2, 0.25) is 5.91 Å². The summed E-state index contributed by atoms with van der Waals surface area (Å²) in [4.78, 5) is 12.1. The summed E-state index contributed by atoms with van der Waals surface area (Å²) in [5.41, 5.74) is 3.34. The Hall–Kier alpha value is -1.95. The van der Waals surface area contributed by atoms with E-state index in [1.54, 1.807) is 6.07 Å². The first-order valence-electron chi connectivity index (χ1n) is 7.81. The highest BCUT2D eigenvalue weighted by atomic mass is 32.2. The molecule has 0 saturated carbocycles. The average Bonchev–Trinajstić information content (AvgIpc) is 2.80. The van der Waals surface area contributed by atoms with Gasteiger partial charge in [0.25, 0.3) is 0 Å². The van der Waals surface area contributed by atoms with Crippen LogP contribution in [-0.2, 0) is 16.0 Å². The lowest BCUT2D eigenvalue weighted by Crippen LogP contribution is -2.16. The van der Waals surface area contributed by atoms with E-state index >= 15 is 0 Å². The summed E-state index contributed by atoms with van der Waals surface area (Å²) < 4.78 is 5.11. The smallest absolute Gasteiger partial charge is 0.234 e. The number of carbonyl (C=O) groups is 1. The lowest BCUT2D eigenvalue weighted by atomic mass is 9.87. The average molecular weight is 348 g/mol. The Morgan fingerprint density at radius 2 is 2.04 bits per heavy atom. The highest BCUT2D eigenvalue weighted by Gasteiger charge is 2.16. The fourth-order valence-electron chi connectivity index (χ4n) is 2.24. The Kier molecular flexibility index (Phi) is 5.59. The first kappa shape index (κ1) is 18.4. The van der Waals surface area contributed by atoms with Crippen molar-refractivity contribution >= 4 is 23.4 Å². The predicted molar refractivity (Wildman–Crippen MR) is 97.6 cm³/mol. The third-order valence-corrected chi connectivity index (χ3v) is 4.76. The molecule has 6 heteroatoms. The van der Waals surface area contributed by atoms with E-state index in [2.05, 4.69) is 31.2 Å². The number of nitrogens with zero attached hydrogens (tertiary/aromatic N) is 1. The van der Waals surface area contributed by atoms with Crippen LogP contribution in [0, 0.1) is 13.8 Å². The summed E-state index contributed by atoms with van der Waals surface area (Å²) in [6.07, 6.45) is 0. The van der Waals surface area contributed by atoms with Gasteiger partial charge in [-0.1, -0.05) is 32.0 Å². The minimum Gasteiger partial charge on any atom is -0.506 e. The molecule has 0 bridgehead atoms. The maximum Gasteiger partial charge on any atom is 0.234 e. The van der Waals surface area contributed by atoms with Gasteiger partial charge in [0, 0.05) is 11.3 Å². The summed E-state index contributed by atoms with van der Waals surface area (Å²) in [5.74, 6) is 1.68. The van der Waals surface area contributed by atoms with Gasteiger partial charge in [0.05, 0.1) is 17.1 Å². The summed E-state index contributed by atoms with van der Waals surface area (Å²) in [7, 11) is 0. The topological polar surface area (TPSA) is 75.4 Å². The number of aromatic hydroxyl groups is 1. The number of aryl methyl sites for hydroxylation is 2. The largest absolute Gasteiger partial charge is 0.506 e. The second-order valence-electron chi connectivity index (χ2n) is 6.83. The number of amides is 1. The molecule has 0 spiro atoms. The third kappa shape index (κ3) is 4.54. The highest BCUT2D eigenvalue weighted by molar-refractivity contribution is 7.99. The van der Waals surface area contributed by atoms with Crippen molar-refractivity contribution in [2.24, 2.45) is 0 Å². The van der Waals surface area contributed by atoms with E-state index in [1.165, 1.54) is 11.8 Å². The van der Waals surface area contributed by atoms with E-state index in [-0.39, 0.29) is 17.1 Å². The molecular formula is C18H24N2O3S. The molecule has 0 atom stereocenters. The number of benzene rings is 1. The van der Waals surface area contributed by atoms with E-state index in [0.717, 1.165) is 22.6 Å². The minimum atomic E-state index is -0.145. The molecule has 1 aromatic heterocycles. The van der Waals surface area contributed by atoms with Crippen LogP contribution in [0.3, 0.4) is 0 Å². The van der Waals surface area contributed by atoms with Crippen LogP contribution in [0.15, 0.2) is 22.7 Å². The molecule has 2 N–H and O–H groups in total. The number of hydrogen-bond donors (Lipinski definition) is 2. The van der Waals surface area contributed by atoms with E-state index in [9.17, 15) is 9.90 Å². The van der Waals surface area contributed by atoms with Gasteiger partial charge < -0.3 is 14.9 Å². The van der Waals surface area contributed by atoms with Crippen molar-refractivity contribution in [1.29, 1.82) is 0 Å². The zero-order valence-corrected chi connectivity index (χ0v) is 15.6. The lowest BCUT2D eigenvalue weighted by molar-refractivity contribution is -0.113. The molecule has 2 aromatic rings. The van der Waals surface area contributed by atoms with Crippen LogP contribution in [0.1, 0.15) is 43.4 Å². The molecule has 24 heavy (non-hydrogen) atoms. The van der Waals surface area contributed by atoms with E-state index in [0.29, 0.717) is 17.2 Å². The number of rotatable bonds is 5. The Balaban J connectivity index is 1.95. The first-order chi connectivity index (χ1) is 11.2. The number of aromatic nitrogens is 1. The Morgan fingerprint density at radius 3 is 2.62 bits per heavy atom. The van der Waals surface area contributed by atoms with E-state index < -0.39 is 0 Å². The summed E-state index contributed by atoms with van der Waals surface area (Å²) in [6, 6.07) is 5.32. The van der Waals surface area contributed by atoms with E-state index in [1.807, 2.05) is 26.0 Å². The van der Waals surface area contributed by atoms with Crippen molar-refractivity contribution in [2.75, 3.05) is 11.1 Å². The Bertz CT molecular complexity index is 713. The van der Waals surface area contributed by atoms with Crippen LogP contribution in [0.25, 0.3) is 0 Å². The molecule has 5 nitrogen and oxygen atoms in total. The predicted octanol–water partition coefficient (Wildman–Crippen LogP) is 4.17. The van der Waals surface area contributed by atoms with Gasteiger partial charge in [-0.3, -0.25) is 4.79 Å². The van der Waals surface area contributed by atoms with Gasteiger partial charge in [-0.25, -0.2) is 0 Å². The summed E-state index contributed by atoms with van der Waals surface area (Å²) in [5, 5.41) is 16.6. The number of anilines is 1. The molecule has 1 amide bonds. The second kappa shape index (κ2) is 7.30. The summed E-state index contributed by atoms with van der Waals surface area (Å²) in [6.45, 7) is 10.0. The molecule has 0 radical (unpaired) electrons. The molecule has 0 fully saturated rings. The van der Waals surface area contributed by atoms with Gasteiger partial charge in [-0.15, -0.1) is 11.8 Å². The van der Waals surface area contributed by atoms with Crippen LogP contribution < -0.4 is 5.32 Å². The standard InChI is InChI=1S/C18H24N2O3S/c1-11-14(12(2)23-20-11)9-24-10-17(22)19-15-8-13(18(3,4)5)6-7-16(15)21/h6-8,21H,9-10H2,1-5H3,(H,19,22). The van der Waals surface area contributed by atoms with Crippen LogP contribution in [0.5, 0.6) is 5.75 Å². The number of hydrogen-bond acceptors (Lipinski definition) is 5. The Morgan fingerprint density at radius 1 is 1.33 bits per heavy atom. The van der Waals surface area contributed by atoms with Gasteiger partial charge in [0.1, 0.15) is 11.5 Å². The number of thioether (sulfide) groups is 1. The zero-order chi connectivity index (χ0) is 17.9. The molecule has 0 unspecified atom stereocenters. The highest BCUT2D eigenvalue weighted by Crippen LogP contribution is 2.31. The first-order valence-corrected chi connectivity index (χ1v) is 8.97. The SMILES string of the molecule is Cc1noc(C)c1CSCC(=O)Nc1cc(C(C)(C)C)ccc1O. The van der Waals surface area contributed by atoms with Crippen LogP contribution in [0.2, 0.25) is 0 Å². The van der Waals surface area contributed by atoms with Crippen LogP contribution in [0.4, 0.5) is 5.69 Å². The molecule has 130 valence electrons. The van der Waals surface area contributed by atoms with Crippen molar-refractivity contribution in [3.63, 3.8) is 0 Å². The maximum absolute atomic E-state index is 12.1. The second-order valence-corrected chi connectivity index (χ2v) is 7.81. The quantitative estimate of drug-likeness (QED) is 0.793. The molecule has 0 saturated heterocycles. The molecule has 0 aliphatic carbocycles. The van der Waals surface area contributed by atoms with Gasteiger partial charge in [0.15, 0.2) is 0 Å². The molecular weight excluding hydrogens is 324 g/mol. The van der Waals surface area contributed by atoms with Gasteiger partial charge in [-0.05, 0) is 37.0 Å². The molecule has 0 aliphatic heterocycles. The molecule has 0 aliphatic rings. The fraction of sp³-hybridized carbons (Fsp3) is 0.444. The van der Waals surface area contributed by atoms with Crippen LogP contribution >= 0.6 is 11.8 Å². The number of phenolic OH excluding ortho intramolecular Hbond substituents is 1. The maximum atomic E-state index is 12.1. The van der Waals surface area contributed by atoms with Crippen molar-refractivity contribution in [3.8, 4) is 5.75 Å². The summed E-state index contributed by atoms with van der Waals surface area (Å²) >= 11 is 1.49. The van der Waals surface area contributed by atoms with Gasteiger partial charge >= 0.3 is 0 Å². The lowest BCUT2D eigenvalue weighted by Gasteiger charge is -2.20. The monoisotopic (exact) mass is 348 g/mol. The minimum absolute atomic E-state index is 0.0503. The van der Waals surface area contributed by atoms with Crippen molar-refractivity contribution in [2.45, 2.75) is 45.8 Å². The zero-order valence-electron chi connectivity index (χ0n) is 14.8. The number of carbonyl (C=O) groups excluding carboxylic acids is 1. The normalized spacial score (nSPS) is 11.5. The van der Waals surface area contributed by atoms with E-state index in [4.69, 9.17) is 4.52 Å². The number of nitrogens with one attached hydrogen (secondary N) is 1. The van der Waals surface area contributed by atoms with Crippen molar-refractivity contribution < 1.29 is 14.4 Å². The molecule has 2 rings (SSSR count). The number of phenols is 1.